The Hall–Kier alpha value is -3.38. The van der Waals surface area contributed by atoms with Crippen molar-refractivity contribution in [1.29, 1.82) is 0 Å². The smallest absolute Gasteiger partial charge is 0.231 e. The van der Waals surface area contributed by atoms with Crippen LogP contribution in [0.2, 0.25) is 0 Å². The monoisotopic (exact) mass is 521 g/mol. The first-order chi connectivity index (χ1) is 19.3. The molecule has 7 rings (SSSR count). The molecule has 2 saturated heterocycles. The van der Waals surface area contributed by atoms with Crippen LogP contribution >= 0.6 is 0 Å². The van der Waals surface area contributed by atoms with Crippen LogP contribution in [0.15, 0.2) is 84.9 Å². The third-order valence-electron chi connectivity index (χ3n) is 8.42. The van der Waals surface area contributed by atoms with E-state index in [9.17, 15) is 0 Å². The van der Waals surface area contributed by atoms with Crippen LogP contribution in [0.5, 0.6) is 11.5 Å². The molecule has 0 amide bonds. The van der Waals surface area contributed by atoms with Crippen LogP contribution in [0.1, 0.15) is 41.5 Å². The Labute approximate surface area is 230 Å². The molecular formula is C34H35NO4. The molecule has 0 radical (unpaired) electrons. The van der Waals surface area contributed by atoms with Gasteiger partial charge in [-0.3, -0.25) is 0 Å². The summed E-state index contributed by atoms with van der Waals surface area (Å²) in [6, 6.07) is 31.0. The first kappa shape index (κ1) is 24.6. The second kappa shape index (κ2) is 11.0. The summed E-state index contributed by atoms with van der Waals surface area (Å²) in [4.78, 5) is 0. The highest BCUT2D eigenvalue weighted by molar-refractivity contribution is 5.82. The van der Waals surface area contributed by atoms with Crippen molar-refractivity contribution in [3.63, 3.8) is 0 Å². The van der Waals surface area contributed by atoms with Crippen molar-refractivity contribution in [1.82, 2.24) is 5.32 Å². The van der Waals surface area contributed by atoms with Crippen molar-refractivity contribution >= 4 is 10.8 Å². The van der Waals surface area contributed by atoms with Gasteiger partial charge in [-0.05, 0) is 83.3 Å². The van der Waals surface area contributed by atoms with Gasteiger partial charge in [-0.2, -0.15) is 0 Å². The minimum Gasteiger partial charge on any atom is -0.454 e. The molecule has 3 aliphatic heterocycles. The number of nitrogens with one attached hydrogen (secondary N) is 1. The van der Waals surface area contributed by atoms with Crippen LogP contribution in [-0.2, 0) is 35.5 Å². The maximum Gasteiger partial charge on any atom is 0.231 e. The molecule has 3 heterocycles. The second-order valence-corrected chi connectivity index (χ2v) is 11.0. The maximum absolute atomic E-state index is 6.50. The molecule has 0 aromatic heterocycles. The predicted molar refractivity (Wildman–Crippen MR) is 152 cm³/mol. The molecule has 1 N–H and O–H groups in total. The Bertz CT molecular complexity index is 1440. The molecule has 5 heteroatoms. The highest BCUT2D eigenvalue weighted by atomic mass is 16.7. The van der Waals surface area contributed by atoms with E-state index in [1.165, 1.54) is 33.0 Å². The van der Waals surface area contributed by atoms with Crippen molar-refractivity contribution in [2.24, 2.45) is 0 Å². The third-order valence-corrected chi connectivity index (χ3v) is 8.42. The largest absolute Gasteiger partial charge is 0.454 e. The van der Waals surface area contributed by atoms with E-state index in [4.69, 9.17) is 18.9 Å². The minimum atomic E-state index is 0.0885. The van der Waals surface area contributed by atoms with Gasteiger partial charge in [-0.15, -0.1) is 0 Å². The zero-order chi connectivity index (χ0) is 26.0. The standard InChI is InChI=1S/C34H35NO4/c1-2-7-28-18-26(12-14-27(28)6-1)21-37-34-30-16-15-29(35-30)33(34)36-20-25-10-8-23(9-11-25)4-3-5-24-13-17-31-32(19-24)39-22-38-31/h1-2,6-14,17-19,29-30,33-35H,3-5,15-16,20-22H2/t29-,30+,33-,34+/m0/s1. The second-order valence-electron chi connectivity index (χ2n) is 11.0. The number of rotatable bonds is 10. The number of ether oxygens (including phenoxy) is 4. The Morgan fingerprint density at radius 3 is 2.08 bits per heavy atom. The summed E-state index contributed by atoms with van der Waals surface area (Å²) in [7, 11) is 0. The molecule has 4 aromatic rings. The molecule has 0 aliphatic carbocycles. The van der Waals surface area contributed by atoms with Gasteiger partial charge in [0.25, 0.3) is 0 Å². The fraction of sp³-hybridized carbons (Fsp3) is 0.353. The molecule has 2 bridgehead atoms. The average molecular weight is 522 g/mol. The van der Waals surface area contributed by atoms with Crippen molar-refractivity contribution in [3.05, 3.63) is 107 Å². The molecule has 2 fully saturated rings. The van der Waals surface area contributed by atoms with Gasteiger partial charge in [0.1, 0.15) is 12.2 Å². The normalized spacial score (nSPS) is 23.1. The van der Waals surface area contributed by atoms with E-state index < -0.39 is 0 Å². The Morgan fingerprint density at radius 1 is 0.615 bits per heavy atom. The molecule has 3 aliphatic rings. The van der Waals surface area contributed by atoms with Gasteiger partial charge < -0.3 is 24.3 Å². The lowest BCUT2D eigenvalue weighted by Gasteiger charge is -2.29. The Kier molecular flexibility index (Phi) is 6.96. The van der Waals surface area contributed by atoms with Crippen molar-refractivity contribution < 1.29 is 18.9 Å². The third kappa shape index (κ3) is 5.40. The van der Waals surface area contributed by atoms with Crippen molar-refractivity contribution in [3.8, 4) is 11.5 Å². The minimum absolute atomic E-state index is 0.0885. The summed E-state index contributed by atoms with van der Waals surface area (Å²) >= 11 is 0. The summed E-state index contributed by atoms with van der Waals surface area (Å²) in [6.45, 7) is 1.55. The average Bonchev–Trinajstić information content (AvgIpc) is 3.72. The van der Waals surface area contributed by atoms with Gasteiger partial charge >= 0.3 is 0 Å². The van der Waals surface area contributed by atoms with E-state index >= 15 is 0 Å². The van der Waals surface area contributed by atoms with Gasteiger partial charge in [-0.1, -0.05) is 66.7 Å². The highest BCUT2D eigenvalue weighted by Crippen LogP contribution is 2.35. The van der Waals surface area contributed by atoms with Gasteiger partial charge in [0.2, 0.25) is 6.79 Å². The molecule has 39 heavy (non-hydrogen) atoms. The van der Waals surface area contributed by atoms with Crippen LogP contribution < -0.4 is 14.8 Å². The fourth-order valence-electron chi connectivity index (χ4n) is 6.31. The van der Waals surface area contributed by atoms with Crippen molar-refractivity contribution in [2.45, 2.75) is 69.6 Å². The van der Waals surface area contributed by atoms with Crippen LogP contribution in [0, 0.1) is 0 Å². The van der Waals surface area contributed by atoms with E-state index in [0.29, 0.717) is 32.1 Å². The number of fused-ring (bicyclic) bond motifs is 4. The molecule has 4 atom stereocenters. The summed E-state index contributed by atoms with van der Waals surface area (Å²) in [5.41, 5.74) is 5.08. The lowest BCUT2D eigenvalue weighted by Crippen LogP contribution is -2.40. The first-order valence-electron chi connectivity index (χ1n) is 14.2. The van der Waals surface area contributed by atoms with Crippen molar-refractivity contribution in [2.75, 3.05) is 6.79 Å². The topological polar surface area (TPSA) is 49.0 Å². The number of aryl methyl sites for hydroxylation is 2. The molecule has 4 aromatic carbocycles. The molecule has 5 nitrogen and oxygen atoms in total. The zero-order valence-electron chi connectivity index (χ0n) is 22.2. The molecule has 0 saturated carbocycles. The number of hydrogen-bond acceptors (Lipinski definition) is 5. The van der Waals surface area contributed by atoms with E-state index in [2.05, 4.69) is 84.2 Å². The van der Waals surface area contributed by atoms with Crippen LogP contribution in [0.4, 0.5) is 0 Å². The highest BCUT2D eigenvalue weighted by Gasteiger charge is 2.48. The molecule has 200 valence electrons. The quantitative estimate of drug-likeness (QED) is 0.264. The van der Waals surface area contributed by atoms with E-state index in [0.717, 1.165) is 43.6 Å². The number of benzene rings is 4. The maximum atomic E-state index is 6.50. The summed E-state index contributed by atoms with van der Waals surface area (Å²) in [6.07, 6.45) is 5.68. The summed E-state index contributed by atoms with van der Waals surface area (Å²) < 4.78 is 23.9. The summed E-state index contributed by atoms with van der Waals surface area (Å²) in [5, 5.41) is 6.25. The van der Waals surface area contributed by atoms with E-state index in [1.54, 1.807) is 0 Å². The van der Waals surface area contributed by atoms with Gasteiger partial charge in [0.15, 0.2) is 11.5 Å². The van der Waals surface area contributed by atoms with E-state index in [-0.39, 0.29) is 12.2 Å². The fourth-order valence-corrected chi connectivity index (χ4v) is 6.31. The first-order valence-corrected chi connectivity index (χ1v) is 14.2. The van der Waals surface area contributed by atoms with Gasteiger partial charge in [-0.25, -0.2) is 0 Å². The molecular weight excluding hydrogens is 486 g/mol. The lowest BCUT2D eigenvalue weighted by atomic mass is 9.94. The molecule has 0 spiro atoms. The number of hydrogen-bond donors (Lipinski definition) is 1. The lowest BCUT2D eigenvalue weighted by molar-refractivity contribution is -0.0887. The van der Waals surface area contributed by atoms with Crippen LogP contribution in [-0.4, -0.2) is 31.1 Å². The van der Waals surface area contributed by atoms with Crippen LogP contribution in [0.3, 0.4) is 0 Å². The SMILES string of the molecule is c1ccc2cc(CO[C@H]3[C@@H](OCc4ccc(CCCc5ccc6c(c5)OCO6)cc4)[C@@H]4CC[C@H]3N4)ccc2c1. The molecule has 0 unspecified atom stereocenters. The van der Waals surface area contributed by atoms with Gasteiger partial charge in [0, 0.05) is 12.1 Å². The van der Waals surface area contributed by atoms with Gasteiger partial charge in [0.05, 0.1) is 13.2 Å². The Balaban J connectivity index is 0.909. The Morgan fingerprint density at radius 2 is 1.26 bits per heavy atom. The van der Waals surface area contributed by atoms with Crippen LogP contribution in [0.25, 0.3) is 10.8 Å². The summed E-state index contributed by atoms with van der Waals surface area (Å²) in [5.74, 6) is 1.71. The zero-order valence-corrected chi connectivity index (χ0v) is 22.2. The van der Waals surface area contributed by atoms with E-state index in [1.807, 2.05) is 6.07 Å². The predicted octanol–water partition coefficient (Wildman–Crippen LogP) is 6.35.